The van der Waals surface area contributed by atoms with E-state index in [4.69, 9.17) is 5.11 Å². The average molecular weight is 136 g/mol. The van der Waals surface area contributed by atoms with E-state index in [-0.39, 0.29) is 5.75 Å². The van der Waals surface area contributed by atoms with Gasteiger partial charge >= 0.3 is 0 Å². The van der Waals surface area contributed by atoms with Gasteiger partial charge < -0.3 is 5.11 Å². The second-order valence-corrected chi connectivity index (χ2v) is 1.85. The van der Waals surface area contributed by atoms with Gasteiger partial charge in [-0.2, -0.15) is 4.52 Å². The van der Waals surface area contributed by atoms with Gasteiger partial charge in [-0.25, -0.2) is 4.98 Å². The minimum atomic E-state index is 0.0815. The van der Waals surface area contributed by atoms with E-state index in [2.05, 4.69) is 15.3 Å². The zero-order valence-electron chi connectivity index (χ0n) is 4.97. The molecule has 1 N–H and O–H groups in total. The Labute approximate surface area is 55.9 Å². The van der Waals surface area contributed by atoms with E-state index in [1.807, 2.05) is 0 Å². The lowest BCUT2D eigenvalue weighted by molar-refractivity contribution is 0.467. The van der Waals surface area contributed by atoms with Gasteiger partial charge in [0.2, 0.25) is 0 Å². The van der Waals surface area contributed by atoms with Crippen LogP contribution in [0.15, 0.2) is 18.6 Å². The van der Waals surface area contributed by atoms with Crippen molar-refractivity contribution >= 4 is 5.65 Å². The molecule has 0 saturated heterocycles. The van der Waals surface area contributed by atoms with E-state index >= 15 is 0 Å². The SMILES string of the molecule is Oc1cnc2cnnn2c1. The number of nitrogens with zero attached hydrogens (tertiary/aromatic N) is 4. The monoisotopic (exact) mass is 136 g/mol. The summed E-state index contributed by atoms with van der Waals surface area (Å²) in [5, 5.41) is 16.1. The molecule has 5 nitrogen and oxygen atoms in total. The van der Waals surface area contributed by atoms with Gasteiger partial charge in [0.05, 0.1) is 18.6 Å². The molecule has 2 aromatic rings. The average Bonchev–Trinajstić information content (AvgIpc) is 2.33. The van der Waals surface area contributed by atoms with E-state index in [9.17, 15) is 0 Å². The van der Waals surface area contributed by atoms with E-state index < -0.39 is 0 Å². The molecule has 0 spiro atoms. The highest BCUT2D eigenvalue weighted by atomic mass is 16.3. The molecule has 0 bridgehead atoms. The molecule has 0 aliphatic rings. The summed E-state index contributed by atoms with van der Waals surface area (Å²) in [6, 6.07) is 0. The number of hydrogen-bond acceptors (Lipinski definition) is 4. The highest BCUT2D eigenvalue weighted by Gasteiger charge is 1.94. The van der Waals surface area contributed by atoms with Crippen molar-refractivity contribution in [2.75, 3.05) is 0 Å². The molecule has 50 valence electrons. The van der Waals surface area contributed by atoms with Crippen molar-refractivity contribution in [3.63, 3.8) is 0 Å². The third-order valence-electron chi connectivity index (χ3n) is 1.14. The topological polar surface area (TPSA) is 63.3 Å². The van der Waals surface area contributed by atoms with Crippen molar-refractivity contribution in [3.8, 4) is 5.75 Å². The van der Waals surface area contributed by atoms with Gasteiger partial charge in [-0.1, -0.05) is 5.21 Å². The van der Waals surface area contributed by atoms with Gasteiger partial charge in [-0.15, -0.1) is 5.10 Å². The van der Waals surface area contributed by atoms with E-state index in [0.29, 0.717) is 5.65 Å². The Hall–Kier alpha value is -1.65. The minimum Gasteiger partial charge on any atom is -0.505 e. The molecule has 0 aliphatic heterocycles. The van der Waals surface area contributed by atoms with Crippen LogP contribution in [0, 0.1) is 0 Å². The minimum absolute atomic E-state index is 0.0815. The lowest BCUT2D eigenvalue weighted by Crippen LogP contribution is -1.87. The van der Waals surface area contributed by atoms with E-state index in [1.165, 1.54) is 23.1 Å². The fourth-order valence-electron chi connectivity index (χ4n) is 0.713. The molecule has 0 amide bonds. The predicted molar refractivity (Wildman–Crippen MR) is 32.4 cm³/mol. The Balaban J connectivity index is 2.86. The molecular formula is C5H4N4O. The molecule has 0 saturated carbocycles. The van der Waals surface area contributed by atoms with Crippen molar-refractivity contribution in [2.45, 2.75) is 0 Å². The normalized spacial score (nSPS) is 10.4. The second kappa shape index (κ2) is 1.66. The molecule has 5 heteroatoms. The Kier molecular flexibility index (Phi) is 0.858. The van der Waals surface area contributed by atoms with Gasteiger partial charge in [0.1, 0.15) is 0 Å². The number of fused-ring (bicyclic) bond motifs is 1. The maximum Gasteiger partial charge on any atom is 0.175 e. The van der Waals surface area contributed by atoms with Gasteiger partial charge in [-0.05, 0) is 0 Å². The van der Waals surface area contributed by atoms with Crippen LogP contribution < -0.4 is 0 Å². The number of rotatable bonds is 0. The van der Waals surface area contributed by atoms with Gasteiger partial charge in [0.25, 0.3) is 0 Å². The Bertz CT molecular complexity index is 355. The highest BCUT2D eigenvalue weighted by molar-refractivity contribution is 5.34. The molecule has 10 heavy (non-hydrogen) atoms. The molecule has 0 atom stereocenters. The quantitative estimate of drug-likeness (QED) is 0.546. The fraction of sp³-hybridized carbons (Fsp3) is 0. The number of aromatic nitrogens is 4. The predicted octanol–water partition coefficient (Wildman–Crippen LogP) is -0.170. The van der Waals surface area contributed by atoms with Crippen LogP contribution in [0.3, 0.4) is 0 Å². The van der Waals surface area contributed by atoms with Crippen molar-refractivity contribution < 1.29 is 5.11 Å². The van der Waals surface area contributed by atoms with E-state index in [0.717, 1.165) is 0 Å². The summed E-state index contributed by atoms with van der Waals surface area (Å²) in [4.78, 5) is 3.83. The third-order valence-corrected chi connectivity index (χ3v) is 1.14. The standard InChI is InChI=1S/C5H4N4O/c10-4-1-6-5-2-7-8-9(5)3-4/h1-3,10H. The van der Waals surface area contributed by atoms with Crippen LogP contribution in [0.2, 0.25) is 0 Å². The Morgan fingerprint density at radius 2 is 2.30 bits per heavy atom. The molecule has 0 unspecified atom stereocenters. The van der Waals surface area contributed by atoms with E-state index in [1.54, 1.807) is 0 Å². The molecule has 0 radical (unpaired) electrons. The lowest BCUT2D eigenvalue weighted by Gasteiger charge is -1.89. The summed E-state index contributed by atoms with van der Waals surface area (Å²) in [6.07, 6.45) is 4.30. The van der Waals surface area contributed by atoms with Crippen LogP contribution in [0.1, 0.15) is 0 Å². The second-order valence-electron chi connectivity index (χ2n) is 1.85. The van der Waals surface area contributed by atoms with Crippen molar-refractivity contribution in [1.29, 1.82) is 0 Å². The molecule has 0 aliphatic carbocycles. The van der Waals surface area contributed by atoms with Crippen LogP contribution >= 0.6 is 0 Å². The van der Waals surface area contributed by atoms with Gasteiger partial charge in [-0.3, -0.25) is 0 Å². The van der Waals surface area contributed by atoms with Crippen LogP contribution in [-0.4, -0.2) is 24.9 Å². The Morgan fingerprint density at radius 1 is 1.40 bits per heavy atom. The maximum atomic E-state index is 8.90. The first kappa shape index (κ1) is 5.16. The first-order valence-corrected chi connectivity index (χ1v) is 2.71. The zero-order chi connectivity index (χ0) is 6.97. The van der Waals surface area contributed by atoms with Crippen LogP contribution in [0.5, 0.6) is 5.75 Å². The molecule has 2 heterocycles. The number of aromatic hydroxyl groups is 1. The Morgan fingerprint density at radius 3 is 3.20 bits per heavy atom. The maximum absolute atomic E-state index is 8.90. The first-order valence-electron chi connectivity index (χ1n) is 2.71. The molecule has 0 fully saturated rings. The summed E-state index contributed by atoms with van der Waals surface area (Å²) in [6.45, 7) is 0. The number of hydrogen-bond donors (Lipinski definition) is 1. The van der Waals surface area contributed by atoms with Crippen LogP contribution in [0.25, 0.3) is 5.65 Å². The summed E-state index contributed by atoms with van der Waals surface area (Å²) in [5.41, 5.74) is 0.623. The third kappa shape index (κ3) is 0.604. The van der Waals surface area contributed by atoms with Gasteiger partial charge in [0, 0.05) is 0 Å². The van der Waals surface area contributed by atoms with Crippen molar-refractivity contribution in [3.05, 3.63) is 18.6 Å². The lowest BCUT2D eigenvalue weighted by atomic mass is 10.6. The summed E-state index contributed by atoms with van der Waals surface area (Å²) in [7, 11) is 0. The highest BCUT2D eigenvalue weighted by Crippen LogP contribution is 2.04. The van der Waals surface area contributed by atoms with Crippen molar-refractivity contribution in [1.82, 2.24) is 19.8 Å². The smallest absolute Gasteiger partial charge is 0.175 e. The molecule has 2 aromatic heterocycles. The summed E-state index contributed by atoms with van der Waals surface area (Å²) >= 11 is 0. The van der Waals surface area contributed by atoms with Crippen LogP contribution in [0.4, 0.5) is 0 Å². The summed E-state index contributed by atoms with van der Waals surface area (Å²) < 4.78 is 1.40. The van der Waals surface area contributed by atoms with Gasteiger partial charge in [0.15, 0.2) is 11.4 Å². The summed E-state index contributed by atoms with van der Waals surface area (Å²) in [5.74, 6) is 0.0815. The molecule has 0 aromatic carbocycles. The molecule has 2 rings (SSSR count). The first-order chi connectivity index (χ1) is 4.86. The zero-order valence-corrected chi connectivity index (χ0v) is 4.97. The largest absolute Gasteiger partial charge is 0.505 e. The molecular weight excluding hydrogens is 132 g/mol. The fourth-order valence-corrected chi connectivity index (χ4v) is 0.713. The van der Waals surface area contributed by atoms with Crippen molar-refractivity contribution in [2.24, 2.45) is 0 Å². The van der Waals surface area contributed by atoms with Crippen LogP contribution in [-0.2, 0) is 0 Å².